The van der Waals surface area contributed by atoms with Gasteiger partial charge in [0.1, 0.15) is 17.0 Å². The highest BCUT2D eigenvalue weighted by Gasteiger charge is 2.33. The van der Waals surface area contributed by atoms with Crippen LogP contribution < -0.4 is 0 Å². The summed E-state index contributed by atoms with van der Waals surface area (Å²) in [6, 6.07) is 2.20. The molecule has 4 nitrogen and oxygen atoms in total. The molecule has 3 aromatic rings. The first kappa shape index (κ1) is 15.5. The van der Waals surface area contributed by atoms with Crippen LogP contribution in [0.2, 0.25) is 0 Å². The predicted molar refractivity (Wildman–Crippen MR) is 85.8 cm³/mol. The molecule has 1 saturated carbocycles. The molecule has 0 radical (unpaired) electrons. The maximum Gasteiger partial charge on any atom is 0.389 e. The summed E-state index contributed by atoms with van der Waals surface area (Å²) < 4.78 is 39.6. The first-order valence-electron chi connectivity index (χ1n) is 8.30. The number of aryl methyl sites for hydroxylation is 1. The number of nitrogens with zero attached hydrogens (tertiary/aromatic N) is 3. The quantitative estimate of drug-likeness (QED) is 0.739. The minimum Gasteiger partial charge on any atom is -0.346 e. The summed E-state index contributed by atoms with van der Waals surface area (Å²) in [7, 11) is 0. The fraction of sp³-hybridized carbons (Fsp3) is 0.529. The van der Waals surface area contributed by atoms with Crippen LogP contribution in [0.5, 0.6) is 0 Å². The summed E-state index contributed by atoms with van der Waals surface area (Å²) in [6.07, 6.45) is 1.64. The zero-order valence-electron chi connectivity index (χ0n) is 13.4. The SMILES string of the molecule is Cc1nc2cnc3[nH]ccc3c2n1C1CCC(CCC(F)(F)F)C1. The smallest absolute Gasteiger partial charge is 0.346 e. The van der Waals surface area contributed by atoms with Gasteiger partial charge in [-0.25, -0.2) is 9.97 Å². The van der Waals surface area contributed by atoms with E-state index in [1.807, 2.05) is 19.2 Å². The Bertz CT molecular complexity index is 877. The normalized spacial score (nSPS) is 22.0. The number of H-pyrrole nitrogens is 1. The highest BCUT2D eigenvalue weighted by atomic mass is 19.4. The molecule has 2 atom stereocenters. The number of pyridine rings is 1. The standard InChI is InChI=1S/C17H19F3N4/c1-10-23-14-9-22-16-13(5-7-21-16)15(14)24(10)12-3-2-11(8-12)4-6-17(18,19)20/h5,7,9,11-12H,2-4,6,8H2,1H3,(H,21,22). The molecule has 0 amide bonds. The van der Waals surface area contributed by atoms with Gasteiger partial charge >= 0.3 is 6.18 Å². The van der Waals surface area contributed by atoms with Crippen molar-refractivity contribution < 1.29 is 13.2 Å². The van der Waals surface area contributed by atoms with Crippen LogP contribution in [-0.2, 0) is 0 Å². The summed E-state index contributed by atoms with van der Waals surface area (Å²) in [5, 5.41) is 1.02. The lowest BCUT2D eigenvalue weighted by molar-refractivity contribution is -0.137. The topological polar surface area (TPSA) is 46.5 Å². The fourth-order valence-electron chi connectivity index (χ4n) is 4.07. The third kappa shape index (κ3) is 2.65. The van der Waals surface area contributed by atoms with Crippen molar-refractivity contribution in [3.63, 3.8) is 0 Å². The maximum atomic E-state index is 12.5. The molecular formula is C17H19F3N4. The fourth-order valence-corrected chi connectivity index (χ4v) is 4.07. The van der Waals surface area contributed by atoms with Gasteiger partial charge in [0.2, 0.25) is 0 Å². The Kier molecular flexibility index (Phi) is 3.54. The number of hydrogen-bond donors (Lipinski definition) is 1. The van der Waals surface area contributed by atoms with Crippen molar-refractivity contribution in [2.24, 2.45) is 5.92 Å². The van der Waals surface area contributed by atoms with E-state index in [0.29, 0.717) is 0 Å². The molecule has 1 fully saturated rings. The number of aromatic amines is 1. The van der Waals surface area contributed by atoms with Gasteiger partial charge in [-0.2, -0.15) is 13.2 Å². The lowest BCUT2D eigenvalue weighted by atomic mass is 10.0. The predicted octanol–water partition coefficient (Wildman–Crippen LogP) is 4.90. The molecule has 1 aliphatic rings. The number of rotatable bonds is 3. The Morgan fingerprint density at radius 1 is 1.33 bits per heavy atom. The number of aromatic nitrogens is 4. The van der Waals surface area contributed by atoms with Crippen molar-refractivity contribution in [3.05, 3.63) is 24.3 Å². The van der Waals surface area contributed by atoms with Crippen molar-refractivity contribution in [3.8, 4) is 0 Å². The Morgan fingerprint density at radius 2 is 2.17 bits per heavy atom. The van der Waals surface area contributed by atoms with E-state index in [0.717, 1.165) is 47.2 Å². The maximum absolute atomic E-state index is 12.5. The number of hydrogen-bond acceptors (Lipinski definition) is 2. The Hall–Kier alpha value is -2.05. The molecule has 7 heteroatoms. The van der Waals surface area contributed by atoms with Gasteiger partial charge in [-0.3, -0.25) is 0 Å². The third-order valence-electron chi connectivity index (χ3n) is 5.13. The minimum absolute atomic E-state index is 0.136. The first-order chi connectivity index (χ1) is 11.4. The van der Waals surface area contributed by atoms with E-state index in [9.17, 15) is 13.2 Å². The third-order valence-corrected chi connectivity index (χ3v) is 5.13. The average molecular weight is 336 g/mol. The first-order valence-corrected chi connectivity index (χ1v) is 8.30. The van der Waals surface area contributed by atoms with Crippen LogP contribution in [0, 0.1) is 12.8 Å². The van der Waals surface area contributed by atoms with Gasteiger partial charge in [0.15, 0.2) is 0 Å². The van der Waals surface area contributed by atoms with E-state index in [4.69, 9.17) is 0 Å². The second-order valence-electron chi connectivity index (χ2n) is 6.75. The van der Waals surface area contributed by atoms with Crippen molar-refractivity contribution in [1.82, 2.24) is 19.5 Å². The monoisotopic (exact) mass is 336 g/mol. The van der Waals surface area contributed by atoms with Gasteiger partial charge in [0, 0.05) is 24.0 Å². The van der Waals surface area contributed by atoms with Gasteiger partial charge in [-0.1, -0.05) is 0 Å². The number of fused-ring (bicyclic) bond motifs is 3. The van der Waals surface area contributed by atoms with Crippen LogP contribution in [0.4, 0.5) is 13.2 Å². The van der Waals surface area contributed by atoms with Crippen LogP contribution in [0.3, 0.4) is 0 Å². The molecule has 3 heterocycles. The molecule has 1 N–H and O–H groups in total. The van der Waals surface area contributed by atoms with Crippen molar-refractivity contribution in [2.75, 3.05) is 0 Å². The Balaban J connectivity index is 1.65. The van der Waals surface area contributed by atoms with Gasteiger partial charge in [0.25, 0.3) is 0 Å². The zero-order chi connectivity index (χ0) is 16.9. The van der Waals surface area contributed by atoms with E-state index < -0.39 is 12.6 Å². The molecular weight excluding hydrogens is 317 g/mol. The molecule has 0 spiro atoms. The van der Waals surface area contributed by atoms with Crippen molar-refractivity contribution in [1.29, 1.82) is 0 Å². The molecule has 2 unspecified atom stereocenters. The van der Waals surface area contributed by atoms with E-state index in [1.54, 1.807) is 6.20 Å². The molecule has 0 saturated heterocycles. The molecule has 0 bridgehead atoms. The summed E-state index contributed by atoms with van der Waals surface area (Å²) in [6.45, 7) is 1.96. The number of alkyl halides is 3. The number of halogens is 3. The van der Waals surface area contributed by atoms with Gasteiger partial charge in [0.05, 0.1) is 11.7 Å². The average Bonchev–Trinajstić information content (AvgIpc) is 3.20. The molecule has 0 aliphatic heterocycles. The Labute approximate surface area is 137 Å². The second-order valence-corrected chi connectivity index (χ2v) is 6.75. The molecule has 4 rings (SSSR count). The lowest BCUT2D eigenvalue weighted by Crippen LogP contribution is -2.11. The van der Waals surface area contributed by atoms with Crippen molar-refractivity contribution in [2.45, 2.75) is 51.2 Å². The van der Waals surface area contributed by atoms with E-state index in [1.165, 1.54) is 0 Å². The molecule has 0 aromatic carbocycles. The largest absolute Gasteiger partial charge is 0.389 e. The van der Waals surface area contributed by atoms with Crippen LogP contribution >= 0.6 is 0 Å². The van der Waals surface area contributed by atoms with E-state index in [-0.39, 0.29) is 18.4 Å². The van der Waals surface area contributed by atoms with E-state index >= 15 is 0 Å². The summed E-state index contributed by atoms with van der Waals surface area (Å²) in [5.74, 6) is 1.04. The van der Waals surface area contributed by atoms with Crippen LogP contribution in [0.25, 0.3) is 22.1 Å². The number of nitrogens with one attached hydrogen (secondary N) is 1. The summed E-state index contributed by atoms with van der Waals surface area (Å²) in [4.78, 5) is 12.1. The van der Waals surface area contributed by atoms with Gasteiger partial charge in [-0.05, 0) is 44.6 Å². The lowest BCUT2D eigenvalue weighted by Gasteiger charge is -2.17. The number of imidazole rings is 1. The molecule has 24 heavy (non-hydrogen) atoms. The van der Waals surface area contributed by atoms with Gasteiger partial charge in [-0.15, -0.1) is 0 Å². The van der Waals surface area contributed by atoms with Crippen LogP contribution in [0.1, 0.15) is 44.0 Å². The highest BCUT2D eigenvalue weighted by molar-refractivity contribution is 6.01. The Morgan fingerprint density at radius 3 is 2.96 bits per heavy atom. The molecule has 3 aromatic heterocycles. The summed E-state index contributed by atoms with van der Waals surface area (Å²) in [5.41, 5.74) is 2.70. The van der Waals surface area contributed by atoms with Crippen LogP contribution in [0.15, 0.2) is 18.5 Å². The minimum atomic E-state index is -4.06. The van der Waals surface area contributed by atoms with E-state index in [2.05, 4.69) is 19.5 Å². The molecule has 128 valence electrons. The zero-order valence-corrected chi connectivity index (χ0v) is 13.4. The molecule has 1 aliphatic carbocycles. The van der Waals surface area contributed by atoms with Crippen LogP contribution in [-0.4, -0.2) is 25.7 Å². The van der Waals surface area contributed by atoms with Gasteiger partial charge < -0.3 is 9.55 Å². The summed E-state index contributed by atoms with van der Waals surface area (Å²) >= 11 is 0. The highest BCUT2D eigenvalue weighted by Crippen LogP contribution is 2.41. The second kappa shape index (κ2) is 5.50. The van der Waals surface area contributed by atoms with Crippen molar-refractivity contribution >= 4 is 22.1 Å².